The van der Waals surface area contributed by atoms with Crippen molar-refractivity contribution in [1.82, 2.24) is 4.90 Å². The van der Waals surface area contributed by atoms with Crippen LogP contribution in [0.3, 0.4) is 0 Å². The Morgan fingerprint density at radius 2 is 2.00 bits per heavy atom. The summed E-state index contributed by atoms with van der Waals surface area (Å²) in [5.74, 6) is 0.251. The summed E-state index contributed by atoms with van der Waals surface area (Å²) in [5, 5.41) is 0. The van der Waals surface area contributed by atoms with Crippen LogP contribution in [-0.4, -0.2) is 28.9 Å². The minimum atomic E-state index is -0.536. The Morgan fingerprint density at radius 3 is 2.47 bits per heavy atom. The largest absolute Gasteiger partial charge is 0.443 e. The maximum Gasteiger partial charge on any atom is 0.414 e. The van der Waals surface area contributed by atoms with Gasteiger partial charge in [0.25, 0.3) is 0 Å². The minimum Gasteiger partial charge on any atom is -0.443 e. The second-order valence-corrected chi connectivity index (χ2v) is 5.60. The van der Waals surface area contributed by atoms with Gasteiger partial charge in [0.05, 0.1) is 5.70 Å². The summed E-state index contributed by atoms with van der Waals surface area (Å²) in [6.45, 7) is 9.82. The summed E-state index contributed by atoms with van der Waals surface area (Å²) in [4.78, 5) is 25.0. The fourth-order valence-corrected chi connectivity index (χ4v) is 1.62. The van der Waals surface area contributed by atoms with Gasteiger partial charge in [-0.1, -0.05) is 19.9 Å². The number of likely N-dealkylation sites (tertiary alicyclic amines) is 1. The quantitative estimate of drug-likeness (QED) is 0.661. The highest BCUT2D eigenvalue weighted by Gasteiger charge is 2.33. The minimum absolute atomic E-state index is 0.0181. The standard InChI is InChI=1S/C13H21NO3/c1-9(2)8-10-11(15)6-7-14(10)12(16)17-13(3,4)5/h8-9H,6-7H2,1-5H3/b10-8+. The number of hydrogen-bond donors (Lipinski definition) is 0. The molecule has 0 bridgehead atoms. The SMILES string of the molecule is CC(C)/C=C1\C(=O)CCN1C(=O)OC(C)(C)C. The van der Waals surface area contributed by atoms with E-state index in [1.54, 1.807) is 0 Å². The fraction of sp³-hybridized carbons (Fsp3) is 0.692. The molecule has 0 aliphatic carbocycles. The molecule has 96 valence electrons. The second kappa shape index (κ2) is 4.90. The zero-order chi connectivity index (χ0) is 13.2. The number of hydrogen-bond acceptors (Lipinski definition) is 3. The van der Waals surface area contributed by atoms with Gasteiger partial charge in [-0.15, -0.1) is 0 Å². The molecule has 1 amide bonds. The lowest BCUT2D eigenvalue weighted by molar-refractivity contribution is -0.114. The summed E-state index contributed by atoms with van der Waals surface area (Å²) < 4.78 is 5.28. The molecule has 0 N–H and O–H groups in total. The molecule has 1 aliphatic rings. The van der Waals surface area contributed by atoms with E-state index in [0.29, 0.717) is 18.7 Å². The van der Waals surface area contributed by atoms with Crippen molar-refractivity contribution in [3.05, 3.63) is 11.8 Å². The molecule has 0 radical (unpaired) electrons. The van der Waals surface area contributed by atoms with Crippen LogP contribution >= 0.6 is 0 Å². The number of Topliss-reactive ketones (excluding diaryl/α,β-unsaturated/α-hetero) is 1. The first-order valence-electron chi connectivity index (χ1n) is 5.96. The van der Waals surface area contributed by atoms with E-state index in [9.17, 15) is 9.59 Å². The van der Waals surface area contributed by atoms with Gasteiger partial charge in [0.1, 0.15) is 5.60 Å². The summed E-state index contributed by atoms with van der Waals surface area (Å²) >= 11 is 0. The van der Waals surface area contributed by atoms with Crippen molar-refractivity contribution in [2.75, 3.05) is 6.54 Å². The Kier molecular flexibility index (Phi) is 3.96. The van der Waals surface area contributed by atoms with Gasteiger partial charge < -0.3 is 4.74 Å². The molecule has 1 saturated heterocycles. The maximum atomic E-state index is 11.9. The van der Waals surface area contributed by atoms with Gasteiger partial charge >= 0.3 is 6.09 Å². The molecule has 0 aromatic carbocycles. The zero-order valence-corrected chi connectivity index (χ0v) is 11.2. The van der Waals surface area contributed by atoms with Gasteiger partial charge in [0.15, 0.2) is 5.78 Å². The van der Waals surface area contributed by atoms with Crippen LogP contribution < -0.4 is 0 Å². The number of ketones is 1. The van der Waals surface area contributed by atoms with Crippen LogP contribution in [0.2, 0.25) is 0 Å². The Labute approximate surface area is 103 Å². The molecule has 0 unspecified atom stereocenters. The van der Waals surface area contributed by atoms with Crippen LogP contribution in [0.5, 0.6) is 0 Å². The number of allylic oxidation sites excluding steroid dienone is 2. The number of rotatable bonds is 1. The van der Waals surface area contributed by atoms with Gasteiger partial charge in [-0.3, -0.25) is 9.69 Å². The fourth-order valence-electron chi connectivity index (χ4n) is 1.62. The molecule has 1 rings (SSSR count). The van der Waals surface area contributed by atoms with Crippen molar-refractivity contribution in [3.63, 3.8) is 0 Å². The molecular weight excluding hydrogens is 218 g/mol. The van der Waals surface area contributed by atoms with Crippen molar-refractivity contribution in [3.8, 4) is 0 Å². The molecular formula is C13H21NO3. The van der Waals surface area contributed by atoms with Crippen molar-refractivity contribution in [2.45, 2.75) is 46.6 Å². The first-order valence-corrected chi connectivity index (χ1v) is 5.96. The maximum absolute atomic E-state index is 11.9. The molecule has 4 heteroatoms. The van der Waals surface area contributed by atoms with Crippen LogP contribution in [0.4, 0.5) is 4.79 Å². The molecule has 0 aromatic heterocycles. The molecule has 17 heavy (non-hydrogen) atoms. The molecule has 1 fully saturated rings. The monoisotopic (exact) mass is 239 g/mol. The topological polar surface area (TPSA) is 46.6 Å². The van der Waals surface area contributed by atoms with Crippen molar-refractivity contribution in [2.24, 2.45) is 5.92 Å². The average Bonchev–Trinajstić information content (AvgIpc) is 2.44. The highest BCUT2D eigenvalue weighted by Crippen LogP contribution is 2.22. The van der Waals surface area contributed by atoms with E-state index in [1.165, 1.54) is 4.90 Å². The van der Waals surface area contributed by atoms with Gasteiger partial charge in [0.2, 0.25) is 0 Å². The van der Waals surface area contributed by atoms with Crippen LogP contribution in [0.15, 0.2) is 11.8 Å². The highest BCUT2D eigenvalue weighted by atomic mass is 16.6. The van der Waals surface area contributed by atoms with E-state index in [2.05, 4.69) is 0 Å². The Morgan fingerprint density at radius 1 is 1.41 bits per heavy atom. The predicted octanol–water partition coefficient (Wildman–Crippen LogP) is 2.74. The van der Waals surface area contributed by atoms with Gasteiger partial charge in [0, 0.05) is 13.0 Å². The molecule has 1 heterocycles. The second-order valence-electron chi connectivity index (χ2n) is 5.60. The lowest BCUT2D eigenvalue weighted by atomic mass is 10.1. The lowest BCUT2D eigenvalue weighted by Crippen LogP contribution is -2.34. The van der Waals surface area contributed by atoms with E-state index in [4.69, 9.17) is 4.74 Å². The third-order valence-corrected chi connectivity index (χ3v) is 2.24. The summed E-state index contributed by atoms with van der Waals surface area (Å²) in [5.41, 5.74) is -0.0553. The van der Waals surface area contributed by atoms with Gasteiger partial charge in [-0.25, -0.2) is 4.79 Å². The summed E-state index contributed by atoms with van der Waals surface area (Å²) in [6, 6.07) is 0. The Hall–Kier alpha value is -1.32. The molecule has 0 atom stereocenters. The van der Waals surface area contributed by atoms with Gasteiger partial charge in [-0.2, -0.15) is 0 Å². The Balaban J connectivity index is 2.83. The number of carbonyl (C=O) groups is 2. The first kappa shape index (κ1) is 13.7. The van der Waals surface area contributed by atoms with Gasteiger partial charge in [-0.05, 0) is 26.7 Å². The van der Waals surface area contributed by atoms with Crippen LogP contribution in [0.25, 0.3) is 0 Å². The van der Waals surface area contributed by atoms with E-state index in [0.717, 1.165) is 0 Å². The smallest absolute Gasteiger partial charge is 0.414 e. The first-order chi connectivity index (χ1) is 7.70. The van der Waals surface area contributed by atoms with E-state index < -0.39 is 11.7 Å². The average molecular weight is 239 g/mol. The third kappa shape index (κ3) is 3.88. The number of ether oxygens (including phenoxy) is 1. The molecule has 0 aromatic rings. The number of amides is 1. The molecule has 0 saturated carbocycles. The van der Waals surface area contributed by atoms with Crippen molar-refractivity contribution >= 4 is 11.9 Å². The van der Waals surface area contributed by atoms with Crippen LogP contribution in [0.1, 0.15) is 41.0 Å². The summed E-state index contributed by atoms with van der Waals surface area (Å²) in [6.07, 6.45) is 1.77. The number of carbonyl (C=O) groups excluding carboxylic acids is 2. The highest BCUT2D eigenvalue weighted by molar-refractivity contribution is 6.00. The lowest BCUT2D eigenvalue weighted by Gasteiger charge is -2.24. The molecule has 4 nitrogen and oxygen atoms in total. The predicted molar refractivity (Wildman–Crippen MR) is 65.5 cm³/mol. The zero-order valence-electron chi connectivity index (χ0n) is 11.2. The number of nitrogens with zero attached hydrogens (tertiary/aromatic N) is 1. The van der Waals surface area contributed by atoms with E-state index in [-0.39, 0.29) is 11.7 Å². The van der Waals surface area contributed by atoms with Crippen LogP contribution in [0, 0.1) is 5.92 Å². The van der Waals surface area contributed by atoms with Crippen molar-refractivity contribution in [1.29, 1.82) is 0 Å². The third-order valence-electron chi connectivity index (χ3n) is 2.24. The van der Waals surface area contributed by atoms with Crippen LogP contribution in [-0.2, 0) is 9.53 Å². The normalized spacial score (nSPS) is 19.3. The Bertz CT molecular complexity index is 350. The van der Waals surface area contributed by atoms with Crippen molar-refractivity contribution < 1.29 is 14.3 Å². The summed E-state index contributed by atoms with van der Waals surface area (Å²) in [7, 11) is 0. The van der Waals surface area contributed by atoms with E-state index in [1.807, 2.05) is 40.7 Å². The van der Waals surface area contributed by atoms with E-state index >= 15 is 0 Å². The molecule has 0 spiro atoms. The molecule has 1 aliphatic heterocycles.